The Morgan fingerprint density at radius 2 is 0.576 bits per heavy atom. The van der Waals surface area contributed by atoms with Crippen LogP contribution in [0.2, 0.25) is 0 Å². The molecule has 346 valence electrons. The monoisotopic (exact) mass is 831 g/mol. The van der Waals surface area contributed by atoms with Crippen LogP contribution in [0.25, 0.3) is 0 Å². The van der Waals surface area contributed by atoms with Crippen molar-refractivity contribution >= 4 is 17.9 Å². The molecule has 0 aromatic rings. The highest BCUT2D eigenvalue weighted by Gasteiger charge is 2.19. The SMILES string of the molecule is CCCC/C=C\CCCCCCC(=O)OCC(COC(=O)CCCCCCCCC/C=C\CCCCCCCCCC)OC(=O)CCCCCCCCCCCCCC. The normalized spacial score (nSPS) is 12.1. The fraction of sp³-hybridized carbons (Fsp3) is 0.868. The molecule has 1 unspecified atom stereocenters. The van der Waals surface area contributed by atoms with Gasteiger partial charge in [-0.3, -0.25) is 14.4 Å². The zero-order valence-corrected chi connectivity index (χ0v) is 39.5. The van der Waals surface area contributed by atoms with Crippen molar-refractivity contribution in [3.63, 3.8) is 0 Å². The number of carbonyl (C=O) groups is 3. The molecule has 0 heterocycles. The first-order valence-corrected chi connectivity index (χ1v) is 25.8. The third kappa shape index (κ3) is 46.8. The van der Waals surface area contributed by atoms with Crippen LogP contribution in [0.4, 0.5) is 0 Å². The smallest absolute Gasteiger partial charge is 0.306 e. The van der Waals surface area contributed by atoms with Gasteiger partial charge in [-0.05, 0) is 64.2 Å². The van der Waals surface area contributed by atoms with Crippen LogP contribution in [0.1, 0.15) is 278 Å². The van der Waals surface area contributed by atoms with E-state index in [-0.39, 0.29) is 31.1 Å². The van der Waals surface area contributed by atoms with E-state index in [0.717, 1.165) is 77.0 Å². The topological polar surface area (TPSA) is 78.9 Å². The number of esters is 3. The van der Waals surface area contributed by atoms with E-state index in [2.05, 4.69) is 45.1 Å². The van der Waals surface area contributed by atoms with Gasteiger partial charge in [-0.1, -0.05) is 218 Å². The molecule has 6 nitrogen and oxygen atoms in total. The Morgan fingerprint density at radius 3 is 0.898 bits per heavy atom. The minimum atomic E-state index is -0.771. The molecule has 0 fully saturated rings. The molecule has 1 atom stereocenters. The van der Waals surface area contributed by atoms with Gasteiger partial charge in [0.1, 0.15) is 13.2 Å². The van der Waals surface area contributed by atoms with Crippen LogP contribution in [0, 0.1) is 0 Å². The average molecular weight is 831 g/mol. The molecule has 0 spiro atoms. The van der Waals surface area contributed by atoms with Gasteiger partial charge in [0.2, 0.25) is 0 Å². The molecular weight excluding hydrogens is 733 g/mol. The lowest BCUT2D eigenvalue weighted by Crippen LogP contribution is -2.30. The Labute approximate surface area is 366 Å². The van der Waals surface area contributed by atoms with Gasteiger partial charge in [0.15, 0.2) is 6.10 Å². The molecular formula is C53H98O6. The maximum atomic E-state index is 12.7. The second-order valence-electron chi connectivity index (χ2n) is 17.4. The van der Waals surface area contributed by atoms with Gasteiger partial charge in [-0.15, -0.1) is 0 Å². The number of allylic oxidation sites excluding steroid dienone is 4. The quantitative estimate of drug-likeness (QED) is 0.0263. The summed E-state index contributed by atoms with van der Waals surface area (Å²) in [6.45, 7) is 6.60. The Morgan fingerprint density at radius 1 is 0.322 bits per heavy atom. The molecule has 0 bridgehead atoms. The Bertz CT molecular complexity index is 958. The lowest BCUT2D eigenvalue weighted by Gasteiger charge is -2.18. The molecule has 0 rings (SSSR count). The van der Waals surface area contributed by atoms with Crippen LogP contribution in [0.5, 0.6) is 0 Å². The number of unbranched alkanes of at least 4 members (excludes halogenated alkanes) is 32. The van der Waals surface area contributed by atoms with E-state index in [9.17, 15) is 14.4 Å². The van der Waals surface area contributed by atoms with E-state index in [1.165, 1.54) is 161 Å². The first kappa shape index (κ1) is 56.9. The maximum absolute atomic E-state index is 12.7. The summed E-state index contributed by atoms with van der Waals surface area (Å²) in [6, 6.07) is 0. The average Bonchev–Trinajstić information content (AvgIpc) is 3.23. The highest BCUT2D eigenvalue weighted by Crippen LogP contribution is 2.15. The molecule has 0 radical (unpaired) electrons. The second kappa shape index (κ2) is 48.6. The second-order valence-corrected chi connectivity index (χ2v) is 17.4. The Kier molecular flexibility index (Phi) is 46.8. The highest BCUT2D eigenvalue weighted by atomic mass is 16.6. The third-order valence-electron chi connectivity index (χ3n) is 11.4. The molecule has 0 amide bonds. The molecule has 0 aromatic carbocycles. The van der Waals surface area contributed by atoms with E-state index in [1.807, 2.05) is 0 Å². The molecule has 59 heavy (non-hydrogen) atoms. The fourth-order valence-electron chi connectivity index (χ4n) is 7.48. The van der Waals surface area contributed by atoms with Crippen molar-refractivity contribution in [2.45, 2.75) is 284 Å². The molecule has 0 aliphatic heterocycles. The van der Waals surface area contributed by atoms with Crippen LogP contribution in [0.15, 0.2) is 24.3 Å². The minimum Gasteiger partial charge on any atom is -0.462 e. The summed E-state index contributed by atoms with van der Waals surface area (Å²) in [4.78, 5) is 37.8. The number of ether oxygens (including phenoxy) is 3. The lowest BCUT2D eigenvalue weighted by molar-refractivity contribution is -0.167. The first-order chi connectivity index (χ1) is 29.0. The van der Waals surface area contributed by atoms with Gasteiger partial charge < -0.3 is 14.2 Å². The Balaban J connectivity index is 4.27. The fourth-order valence-corrected chi connectivity index (χ4v) is 7.48. The van der Waals surface area contributed by atoms with E-state index >= 15 is 0 Å². The van der Waals surface area contributed by atoms with Crippen molar-refractivity contribution in [3.8, 4) is 0 Å². The summed E-state index contributed by atoms with van der Waals surface area (Å²) in [5.41, 5.74) is 0. The molecule has 0 N–H and O–H groups in total. The zero-order valence-electron chi connectivity index (χ0n) is 39.5. The summed E-state index contributed by atoms with van der Waals surface area (Å²) < 4.78 is 16.8. The van der Waals surface area contributed by atoms with Crippen molar-refractivity contribution in [2.75, 3.05) is 13.2 Å². The van der Waals surface area contributed by atoms with Crippen molar-refractivity contribution < 1.29 is 28.6 Å². The maximum Gasteiger partial charge on any atom is 0.306 e. The predicted octanol–water partition coefficient (Wildman–Crippen LogP) is 16.8. The van der Waals surface area contributed by atoms with Crippen LogP contribution >= 0.6 is 0 Å². The van der Waals surface area contributed by atoms with Crippen LogP contribution < -0.4 is 0 Å². The molecule has 0 aliphatic carbocycles. The van der Waals surface area contributed by atoms with Crippen molar-refractivity contribution in [1.29, 1.82) is 0 Å². The van der Waals surface area contributed by atoms with Gasteiger partial charge in [0.25, 0.3) is 0 Å². The van der Waals surface area contributed by atoms with Crippen molar-refractivity contribution in [2.24, 2.45) is 0 Å². The Hall–Kier alpha value is -2.11. The molecule has 0 saturated carbocycles. The van der Waals surface area contributed by atoms with Crippen molar-refractivity contribution in [1.82, 2.24) is 0 Å². The van der Waals surface area contributed by atoms with E-state index < -0.39 is 6.10 Å². The number of hydrogen-bond acceptors (Lipinski definition) is 6. The summed E-state index contributed by atoms with van der Waals surface area (Å²) in [6.07, 6.45) is 54.5. The van der Waals surface area contributed by atoms with Gasteiger partial charge in [-0.2, -0.15) is 0 Å². The molecule has 0 saturated heterocycles. The van der Waals surface area contributed by atoms with E-state index in [4.69, 9.17) is 14.2 Å². The van der Waals surface area contributed by atoms with E-state index in [0.29, 0.717) is 19.3 Å². The third-order valence-corrected chi connectivity index (χ3v) is 11.4. The predicted molar refractivity (Wildman–Crippen MR) is 252 cm³/mol. The van der Waals surface area contributed by atoms with Crippen LogP contribution in [0.3, 0.4) is 0 Å². The summed E-state index contributed by atoms with van der Waals surface area (Å²) >= 11 is 0. The summed E-state index contributed by atoms with van der Waals surface area (Å²) in [5.74, 6) is -0.881. The largest absolute Gasteiger partial charge is 0.462 e. The van der Waals surface area contributed by atoms with Crippen LogP contribution in [-0.4, -0.2) is 37.2 Å². The first-order valence-electron chi connectivity index (χ1n) is 25.8. The van der Waals surface area contributed by atoms with Gasteiger partial charge >= 0.3 is 17.9 Å². The molecule has 0 aliphatic rings. The van der Waals surface area contributed by atoms with Crippen LogP contribution in [-0.2, 0) is 28.6 Å². The highest BCUT2D eigenvalue weighted by molar-refractivity contribution is 5.71. The molecule has 6 heteroatoms. The summed E-state index contributed by atoms with van der Waals surface area (Å²) in [5, 5.41) is 0. The number of carbonyl (C=O) groups excluding carboxylic acids is 3. The minimum absolute atomic E-state index is 0.0738. The van der Waals surface area contributed by atoms with Crippen molar-refractivity contribution in [3.05, 3.63) is 24.3 Å². The van der Waals surface area contributed by atoms with Gasteiger partial charge in [-0.25, -0.2) is 0 Å². The summed E-state index contributed by atoms with van der Waals surface area (Å²) in [7, 11) is 0. The van der Waals surface area contributed by atoms with E-state index in [1.54, 1.807) is 0 Å². The van der Waals surface area contributed by atoms with Gasteiger partial charge in [0, 0.05) is 19.3 Å². The molecule has 0 aromatic heterocycles. The lowest BCUT2D eigenvalue weighted by atomic mass is 10.0. The standard InChI is InChI=1S/C53H98O6/c1-4-7-10-13-16-19-22-24-25-26-27-28-29-30-32-34-37-40-43-46-52(55)58-49-50(48-57-51(54)45-42-39-36-33-21-18-15-12-9-6-3)59-53(56)47-44-41-38-35-31-23-20-17-14-11-8-5-2/h15,18,26-27,50H,4-14,16-17,19-25,28-49H2,1-3H3/b18-15-,27-26-. The number of rotatable bonds is 47. The van der Waals surface area contributed by atoms with Gasteiger partial charge in [0.05, 0.1) is 0 Å². The number of hydrogen-bond donors (Lipinski definition) is 0. The zero-order chi connectivity index (χ0) is 43.0.